The molecular weight excluding hydrogens is 252 g/mol. The smallest absolute Gasteiger partial charge is 0.237 e. The highest BCUT2D eigenvalue weighted by atomic mass is 16.1. The lowest BCUT2D eigenvalue weighted by molar-refractivity contribution is -0.126. The molecule has 0 aromatic carbocycles. The van der Waals surface area contributed by atoms with E-state index < -0.39 is 5.54 Å². The number of nitrogens with one attached hydrogen (secondary N) is 1. The van der Waals surface area contributed by atoms with Crippen molar-refractivity contribution < 1.29 is 4.79 Å². The largest absolute Gasteiger partial charge is 0.368 e. The van der Waals surface area contributed by atoms with Crippen molar-refractivity contribution in [3.8, 4) is 0 Å². The van der Waals surface area contributed by atoms with Crippen LogP contribution in [-0.4, -0.2) is 27.8 Å². The second-order valence-electron chi connectivity index (χ2n) is 5.99. The van der Waals surface area contributed by atoms with Crippen LogP contribution in [0.15, 0.2) is 6.07 Å². The van der Waals surface area contributed by atoms with Crippen LogP contribution in [0.1, 0.15) is 56.5 Å². The first-order chi connectivity index (χ1) is 9.48. The van der Waals surface area contributed by atoms with Gasteiger partial charge in [-0.25, -0.2) is 0 Å². The van der Waals surface area contributed by atoms with Crippen molar-refractivity contribution in [1.82, 2.24) is 15.1 Å². The third-order valence-electron chi connectivity index (χ3n) is 4.30. The first-order valence-electron chi connectivity index (χ1n) is 7.56. The number of amides is 1. The van der Waals surface area contributed by atoms with E-state index in [2.05, 4.69) is 35.0 Å². The maximum Gasteiger partial charge on any atom is 0.237 e. The summed E-state index contributed by atoms with van der Waals surface area (Å²) in [5.74, 6) is -0.225. The molecule has 1 aliphatic carbocycles. The molecule has 5 nitrogen and oxygen atoms in total. The van der Waals surface area contributed by atoms with E-state index >= 15 is 0 Å². The molecule has 1 fully saturated rings. The summed E-state index contributed by atoms with van der Waals surface area (Å²) in [7, 11) is 0. The maximum atomic E-state index is 12.0. The average Bonchev–Trinajstić information content (AvgIpc) is 2.75. The van der Waals surface area contributed by atoms with Crippen molar-refractivity contribution in [2.75, 3.05) is 6.54 Å². The second kappa shape index (κ2) is 5.95. The molecule has 1 aromatic rings. The second-order valence-corrected chi connectivity index (χ2v) is 5.99. The molecule has 3 N–H and O–H groups in total. The van der Waals surface area contributed by atoms with Crippen LogP contribution in [0.3, 0.4) is 0 Å². The van der Waals surface area contributed by atoms with Crippen molar-refractivity contribution >= 4 is 5.91 Å². The molecule has 0 spiro atoms. The zero-order valence-corrected chi connectivity index (χ0v) is 12.8. The average molecular weight is 278 g/mol. The fourth-order valence-electron chi connectivity index (χ4n) is 3.31. The molecule has 1 aliphatic rings. The number of nitrogens with zero attached hydrogens (tertiary/aromatic N) is 2. The lowest BCUT2D eigenvalue weighted by Gasteiger charge is -2.39. The van der Waals surface area contributed by atoms with Gasteiger partial charge in [-0.2, -0.15) is 5.10 Å². The molecule has 20 heavy (non-hydrogen) atoms. The lowest BCUT2D eigenvalue weighted by Crippen LogP contribution is -2.58. The Morgan fingerprint density at radius 3 is 2.90 bits per heavy atom. The molecule has 2 rings (SSSR count). The normalized spacial score (nSPS) is 26.6. The van der Waals surface area contributed by atoms with Gasteiger partial charge in [0.25, 0.3) is 0 Å². The van der Waals surface area contributed by atoms with Crippen molar-refractivity contribution in [2.24, 2.45) is 5.73 Å². The quantitative estimate of drug-likeness (QED) is 0.863. The topological polar surface area (TPSA) is 72.9 Å². The van der Waals surface area contributed by atoms with E-state index in [4.69, 9.17) is 5.73 Å². The van der Waals surface area contributed by atoms with Gasteiger partial charge in [0.05, 0.1) is 17.3 Å². The summed E-state index contributed by atoms with van der Waals surface area (Å²) in [5.41, 5.74) is 7.31. The minimum atomic E-state index is -0.564. The van der Waals surface area contributed by atoms with Gasteiger partial charge in [0, 0.05) is 5.69 Å². The number of nitrogens with two attached hydrogens (primary N) is 1. The molecule has 2 atom stereocenters. The minimum absolute atomic E-state index is 0.225. The Bertz CT molecular complexity index is 482. The summed E-state index contributed by atoms with van der Waals surface area (Å²) in [5, 5.41) is 7.97. The third kappa shape index (κ3) is 2.87. The predicted molar refractivity (Wildman–Crippen MR) is 79.4 cm³/mol. The molecule has 5 heteroatoms. The SMILES string of the molecule is CCCNC1(C(N)=O)CCCC(n2nc(C)cc2C)C1. The van der Waals surface area contributed by atoms with Gasteiger partial charge in [-0.3, -0.25) is 9.48 Å². The van der Waals surface area contributed by atoms with Gasteiger partial charge < -0.3 is 11.1 Å². The van der Waals surface area contributed by atoms with Crippen LogP contribution in [0.25, 0.3) is 0 Å². The highest BCUT2D eigenvalue weighted by molar-refractivity contribution is 5.84. The standard InChI is InChI=1S/C15H26N4O/c1-4-8-17-15(14(16)20)7-5-6-13(10-15)19-12(3)9-11(2)18-19/h9,13,17H,4-8,10H2,1-3H3,(H2,16,20). The zero-order chi connectivity index (χ0) is 14.8. The molecule has 0 radical (unpaired) electrons. The monoisotopic (exact) mass is 278 g/mol. The van der Waals surface area contributed by atoms with Crippen LogP contribution < -0.4 is 11.1 Å². The summed E-state index contributed by atoms with van der Waals surface area (Å²) < 4.78 is 2.07. The molecule has 1 saturated carbocycles. The zero-order valence-electron chi connectivity index (χ0n) is 12.8. The summed E-state index contributed by atoms with van der Waals surface area (Å²) in [4.78, 5) is 12.0. The molecule has 1 amide bonds. The number of aryl methyl sites for hydroxylation is 2. The van der Waals surface area contributed by atoms with E-state index in [0.29, 0.717) is 0 Å². The highest BCUT2D eigenvalue weighted by Crippen LogP contribution is 2.36. The molecule has 1 aromatic heterocycles. The number of aromatic nitrogens is 2. The van der Waals surface area contributed by atoms with Crippen molar-refractivity contribution in [1.29, 1.82) is 0 Å². The molecule has 0 saturated heterocycles. The Labute approximate surface area is 120 Å². The molecule has 1 heterocycles. The van der Waals surface area contributed by atoms with E-state index in [-0.39, 0.29) is 11.9 Å². The fraction of sp³-hybridized carbons (Fsp3) is 0.733. The number of carbonyl (C=O) groups excluding carboxylic acids is 1. The van der Waals surface area contributed by atoms with Crippen LogP contribution in [0.5, 0.6) is 0 Å². The van der Waals surface area contributed by atoms with Gasteiger partial charge in [0.15, 0.2) is 0 Å². The molecule has 0 bridgehead atoms. The van der Waals surface area contributed by atoms with Gasteiger partial charge in [-0.1, -0.05) is 6.92 Å². The number of hydrogen-bond acceptors (Lipinski definition) is 3. The summed E-state index contributed by atoms with van der Waals surface area (Å²) in [6, 6.07) is 2.34. The maximum absolute atomic E-state index is 12.0. The van der Waals surface area contributed by atoms with Gasteiger partial charge >= 0.3 is 0 Å². The number of primary amides is 1. The van der Waals surface area contributed by atoms with Gasteiger partial charge in [-0.05, 0) is 58.6 Å². The lowest BCUT2D eigenvalue weighted by atomic mass is 9.78. The van der Waals surface area contributed by atoms with E-state index in [9.17, 15) is 4.79 Å². The Hall–Kier alpha value is -1.36. The fourth-order valence-corrected chi connectivity index (χ4v) is 3.31. The summed E-state index contributed by atoms with van der Waals surface area (Å²) in [6.45, 7) is 7.00. The van der Waals surface area contributed by atoms with Crippen molar-refractivity contribution in [2.45, 2.75) is 64.5 Å². The van der Waals surface area contributed by atoms with Gasteiger partial charge in [0.1, 0.15) is 0 Å². The first kappa shape index (κ1) is 15.0. The molecule has 0 aliphatic heterocycles. The van der Waals surface area contributed by atoms with E-state index in [1.807, 2.05) is 6.92 Å². The van der Waals surface area contributed by atoms with Gasteiger partial charge in [-0.15, -0.1) is 0 Å². The van der Waals surface area contributed by atoms with E-state index in [1.54, 1.807) is 0 Å². The van der Waals surface area contributed by atoms with Crippen molar-refractivity contribution in [3.63, 3.8) is 0 Å². The number of hydrogen-bond donors (Lipinski definition) is 2. The van der Waals surface area contributed by atoms with Gasteiger partial charge in [0.2, 0.25) is 5.91 Å². The first-order valence-corrected chi connectivity index (χ1v) is 7.56. The number of rotatable bonds is 5. The Balaban J connectivity index is 2.21. The summed E-state index contributed by atoms with van der Waals surface area (Å²) >= 11 is 0. The summed E-state index contributed by atoms with van der Waals surface area (Å²) in [6.07, 6.45) is 4.63. The van der Waals surface area contributed by atoms with Crippen LogP contribution in [-0.2, 0) is 4.79 Å². The van der Waals surface area contributed by atoms with Crippen LogP contribution in [0.4, 0.5) is 0 Å². The van der Waals surface area contributed by atoms with Crippen LogP contribution in [0.2, 0.25) is 0 Å². The highest BCUT2D eigenvalue weighted by Gasteiger charge is 2.41. The predicted octanol–water partition coefficient (Wildman–Crippen LogP) is 1.84. The Morgan fingerprint density at radius 2 is 2.35 bits per heavy atom. The molecular formula is C15H26N4O. The Kier molecular flexibility index (Phi) is 4.48. The van der Waals surface area contributed by atoms with E-state index in [0.717, 1.165) is 50.0 Å². The minimum Gasteiger partial charge on any atom is -0.368 e. The number of carbonyl (C=O) groups is 1. The molecule has 2 unspecified atom stereocenters. The van der Waals surface area contributed by atoms with Crippen LogP contribution >= 0.6 is 0 Å². The van der Waals surface area contributed by atoms with Crippen molar-refractivity contribution in [3.05, 3.63) is 17.5 Å². The molecule has 112 valence electrons. The van der Waals surface area contributed by atoms with Crippen LogP contribution in [0, 0.1) is 13.8 Å². The third-order valence-corrected chi connectivity index (χ3v) is 4.30. The Morgan fingerprint density at radius 1 is 1.60 bits per heavy atom. The van der Waals surface area contributed by atoms with E-state index in [1.165, 1.54) is 0 Å².